The number of nitrogens with zero attached hydrogens (tertiary/aromatic N) is 1. The van der Waals surface area contributed by atoms with Crippen molar-refractivity contribution < 1.29 is 18.8 Å². The summed E-state index contributed by atoms with van der Waals surface area (Å²) in [5.74, 6) is -1.59. The molecule has 1 aromatic rings. The van der Waals surface area contributed by atoms with E-state index in [0.29, 0.717) is 43.4 Å². The van der Waals surface area contributed by atoms with Gasteiger partial charge in [0.05, 0.1) is 5.69 Å². The van der Waals surface area contributed by atoms with Gasteiger partial charge in [0.15, 0.2) is 5.78 Å². The van der Waals surface area contributed by atoms with Gasteiger partial charge in [-0.25, -0.2) is 4.39 Å². The second-order valence-electron chi connectivity index (χ2n) is 8.18. The van der Waals surface area contributed by atoms with Gasteiger partial charge in [-0.1, -0.05) is 12.2 Å². The van der Waals surface area contributed by atoms with Crippen molar-refractivity contribution in [3.05, 3.63) is 41.2 Å². The molecule has 0 saturated carbocycles. The quantitative estimate of drug-likeness (QED) is 0.642. The van der Waals surface area contributed by atoms with Crippen molar-refractivity contribution in [1.82, 2.24) is 5.32 Å². The van der Waals surface area contributed by atoms with E-state index in [9.17, 15) is 18.8 Å². The van der Waals surface area contributed by atoms with Crippen molar-refractivity contribution in [2.75, 3.05) is 18.0 Å². The Labute approximate surface area is 164 Å². The number of hydrogen-bond donors (Lipinski definition) is 1. The molecule has 0 spiro atoms. The molecule has 28 heavy (non-hydrogen) atoms. The van der Waals surface area contributed by atoms with E-state index in [1.165, 1.54) is 11.6 Å². The van der Waals surface area contributed by atoms with Gasteiger partial charge in [-0.2, -0.15) is 0 Å². The second kappa shape index (κ2) is 7.49. The van der Waals surface area contributed by atoms with Crippen LogP contribution in [0.3, 0.4) is 0 Å². The van der Waals surface area contributed by atoms with Crippen molar-refractivity contribution in [2.24, 2.45) is 11.8 Å². The molecule has 0 radical (unpaired) electrons. The highest BCUT2D eigenvalue weighted by Crippen LogP contribution is 2.35. The Balaban J connectivity index is 1.50. The zero-order chi connectivity index (χ0) is 19.8. The lowest BCUT2D eigenvalue weighted by Crippen LogP contribution is -2.42. The fraction of sp³-hybridized carbons (Fsp3) is 0.500. The van der Waals surface area contributed by atoms with Crippen molar-refractivity contribution in [1.29, 1.82) is 0 Å². The Kier molecular flexibility index (Phi) is 5.04. The van der Waals surface area contributed by atoms with Gasteiger partial charge in [0.2, 0.25) is 11.8 Å². The molecule has 1 aliphatic carbocycles. The summed E-state index contributed by atoms with van der Waals surface area (Å²) in [6.45, 7) is 5.50. The molecule has 0 aromatic heterocycles. The van der Waals surface area contributed by atoms with Crippen molar-refractivity contribution in [2.45, 2.75) is 44.9 Å². The maximum absolute atomic E-state index is 14.8. The summed E-state index contributed by atoms with van der Waals surface area (Å²) in [6, 6.07) is 3.21. The van der Waals surface area contributed by atoms with Crippen LogP contribution in [0.5, 0.6) is 0 Å². The Hall–Kier alpha value is -2.50. The molecular formula is C22H25FN2O3. The summed E-state index contributed by atoms with van der Waals surface area (Å²) >= 11 is 0. The first-order valence-corrected chi connectivity index (χ1v) is 10.0. The number of carbonyl (C=O) groups is 3. The number of Topliss-reactive ketones (excluding diaryl/α,β-unsaturated/α-hetero) is 1. The third-order valence-corrected chi connectivity index (χ3v) is 6.30. The van der Waals surface area contributed by atoms with E-state index in [0.717, 1.165) is 31.5 Å². The normalized spacial score (nSPS) is 25.5. The number of aryl methyl sites for hydroxylation is 1. The van der Waals surface area contributed by atoms with E-state index < -0.39 is 0 Å². The number of piperidine rings is 2. The molecule has 1 aromatic carbocycles. The van der Waals surface area contributed by atoms with E-state index in [1.807, 2.05) is 11.0 Å². The minimum atomic E-state index is -0.360. The molecule has 2 heterocycles. The molecule has 4 rings (SSSR count). The number of carbonyl (C=O) groups excluding carboxylic acids is 3. The Morgan fingerprint density at radius 1 is 1.04 bits per heavy atom. The molecule has 2 amide bonds. The fourth-order valence-electron chi connectivity index (χ4n) is 4.56. The van der Waals surface area contributed by atoms with Crippen LogP contribution in [0.25, 0.3) is 0 Å². The molecule has 3 aliphatic rings. The molecule has 5 nitrogen and oxygen atoms in total. The number of halogens is 1. The molecule has 2 aliphatic heterocycles. The monoisotopic (exact) mass is 384 g/mol. The Bertz CT molecular complexity index is 854. The SMILES string of the molecule is C=C1CCN(c2cc3c(cc2F)C(=O)C(C[C@H]2CCC(=O)NC2=O)CC3)CC1. The number of imide groups is 1. The van der Waals surface area contributed by atoms with E-state index in [2.05, 4.69) is 11.9 Å². The van der Waals surface area contributed by atoms with Crippen LogP contribution in [-0.2, 0) is 16.0 Å². The van der Waals surface area contributed by atoms with Crippen LogP contribution in [-0.4, -0.2) is 30.7 Å². The van der Waals surface area contributed by atoms with E-state index in [1.54, 1.807) is 0 Å². The van der Waals surface area contributed by atoms with Crippen LogP contribution in [0.4, 0.5) is 10.1 Å². The third-order valence-electron chi connectivity index (χ3n) is 6.30. The molecule has 1 N–H and O–H groups in total. The Morgan fingerprint density at radius 2 is 1.75 bits per heavy atom. The first-order chi connectivity index (χ1) is 13.4. The summed E-state index contributed by atoms with van der Waals surface area (Å²) in [5.41, 5.74) is 3.11. The van der Waals surface area contributed by atoms with Crippen molar-refractivity contribution in [3.63, 3.8) is 0 Å². The summed E-state index contributed by atoms with van der Waals surface area (Å²) in [6.07, 6.45) is 4.31. The standard InChI is InChI=1S/C22H25FN2O3/c1-13-6-8-25(9-7-13)19-11-14-2-3-15(21(27)17(14)12-18(19)23)10-16-4-5-20(26)24-22(16)28/h11-12,15-16H,1-10H2,(H,24,26,28)/t15?,16-/m1/s1. The van der Waals surface area contributed by atoms with E-state index in [4.69, 9.17) is 0 Å². The number of hydrogen-bond acceptors (Lipinski definition) is 4. The average molecular weight is 384 g/mol. The number of anilines is 1. The molecule has 1 unspecified atom stereocenters. The smallest absolute Gasteiger partial charge is 0.229 e. The lowest BCUT2D eigenvalue weighted by molar-refractivity contribution is -0.136. The summed E-state index contributed by atoms with van der Waals surface area (Å²) < 4.78 is 14.8. The number of amides is 2. The maximum Gasteiger partial charge on any atom is 0.229 e. The molecule has 0 bridgehead atoms. The highest BCUT2D eigenvalue weighted by atomic mass is 19.1. The predicted molar refractivity (Wildman–Crippen MR) is 104 cm³/mol. The Morgan fingerprint density at radius 3 is 2.46 bits per heavy atom. The zero-order valence-electron chi connectivity index (χ0n) is 15.9. The van der Waals surface area contributed by atoms with Crippen LogP contribution in [0.2, 0.25) is 0 Å². The van der Waals surface area contributed by atoms with Gasteiger partial charge < -0.3 is 4.90 Å². The zero-order valence-corrected chi connectivity index (χ0v) is 15.9. The van der Waals surface area contributed by atoms with Crippen LogP contribution in [0, 0.1) is 17.7 Å². The highest BCUT2D eigenvalue weighted by molar-refractivity contribution is 6.02. The second-order valence-corrected chi connectivity index (χ2v) is 8.18. The maximum atomic E-state index is 14.8. The first-order valence-electron chi connectivity index (χ1n) is 10.0. The van der Waals surface area contributed by atoms with Gasteiger partial charge in [-0.05, 0) is 56.2 Å². The minimum Gasteiger partial charge on any atom is -0.369 e. The average Bonchev–Trinajstić information content (AvgIpc) is 2.67. The minimum absolute atomic E-state index is 0.0802. The molecule has 6 heteroatoms. The molecule has 148 valence electrons. The number of benzene rings is 1. The lowest BCUT2D eigenvalue weighted by Gasteiger charge is -2.32. The molecular weight excluding hydrogens is 359 g/mol. The summed E-state index contributed by atoms with van der Waals surface area (Å²) in [7, 11) is 0. The van der Waals surface area contributed by atoms with Crippen molar-refractivity contribution in [3.8, 4) is 0 Å². The van der Waals surface area contributed by atoms with Gasteiger partial charge in [0, 0.05) is 36.9 Å². The largest absolute Gasteiger partial charge is 0.369 e. The number of rotatable bonds is 3. The van der Waals surface area contributed by atoms with Crippen LogP contribution in [0.15, 0.2) is 24.3 Å². The van der Waals surface area contributed by atoms with Crippen molar-refractivity contribution >= 4 is 23.3 Å². The fourth-order valence-corrected chi connectivity index (χ4v) is 4.56. The topological polar surface area (TPSA) is 66.5 Å². The van der Waals surface area contributed by atoms with Gasteiger partial charge in [0.1, 0.15) is 5.82 Å². The lowest BCUT2D eigenvalue weighted by atomic mass is 9.76. The molecule has 2 atom stereocenters. The molecule has 2 fully saturated rings. The third kappa shape index (κ3) is 3.60. The van der Waals surface area contributed by atoms with Gasteiger partial charge in [-0.3, -0.25) is 19.7 Å². The summed E-state index contributed by atoms with van der Waals surface area (Å²) in [5, 5.41) is 2.35. The van der Waals surface area contributed by atoms with Gasteiger partial charge >= 0.3 is 0 Å². The number of fused-ring (bicyclic) bond motifs is 1. The van der Waals surface area contributed by atoms with Gasteiger partial charge in [0.25, 0.3) is 0 Å². The van der Waals surface area contributed by atoms with Gasteiger partial charge in [-0.15, -0.1) is 0 Å². The van der Waals surface area contributed by atoms with E-state index >= 15 is 0 Å². The number of ketones is 1. The van der Waals surface area contributed by atoms with Crippen LogP contribution in [0.1, 0.15) is 54.4 Å². The highest BCUT2D eigenvalue weighted by Gasteiger charge is 2.35. The number of nitrogens with one attached hydrogen (secondary N) is 1. The van der Waals surface area contributed by atoms with Crippen LogP contribution < -0.4 is 10.2 Å². The molecule has 2 saturated heterocycles. The predicted octanol–water partition coefficient (Wildman–Crippen LogP) is 3.17. The van der Waals surface area contributed by atoms with Crippen LogP contribution >= 0.6 is 0 Å². The summed E-state index contributed by atoms with van der Waals surface area (Å²) in [4.78, 5) is 38.3. The first kappa shape index (κ1) is 18.8. The van der Waals surface area contributed by atoms with E-state index in [-0.39, 0.29) is 35.3 Å².